The van der Waals surface area contributed by atoms with Crippen molar-refractivity contribution in [3.8, 4) is 11.5 Å². The van der Waals surface area contributed by atoms with Crippen molar-refractivity contribution in [2.45, 2.75) is 13.2 Å². The van der Waals surface area contributed by atoms with E-state index < -0.39 is 12.1 Å². The van der Waals surface area contributed by atoms with Crippen LogP contribution in [0.5, 0.6) is 11.5 Å². The second-order valence-electron chi connectivity index (χ2n) is 4.68. The molecule has 1 atom stereocenters. The quantitative estimate of drug-likeness (QED) is 0.708. The molecular weight excluding hydrogens is 287 g/mol. The Morgan fingerprint density at radius 3 is 3.00 bits per heavy atom. The molecule has 3 aromatic rings. The number of nitrogens with zero attached hydrogens (tertiary/aromatic N) is 1. The summed E-state index contributed by atoms with van der Waals surface area (Å²) in [7, 11) is 0. The topological polar surface area (TPSA) is 67.4 Å². The summed E-state index contributed by atoms with van der Waals surface area (Å²) in [6.07, 6.45) is 2.12. The number of fused-ring (bicyclic) bond motifs is 1. The number of rotatable bonds is 5. The molecule has 2 aromatic heterocycles. The first kappa shape index (κ1) is 14.5. The van der Waals surface area contributed by atoms with Crippen molar-refractivity contribution in [3.63, 3.8) is 0 Å². The van der Waals surface area contributed by atoms with E-state index in [4.69, 9.17) is 9.47 Å². The zero-order valence-electron chi connectivity index (χ0n) is 11.9. The van der Waals surface area contributed by atoms with E-state index in [0.717, 1.165) is 11.0 Å². The molecule has 6 heteroatoms. The number of hydrogen-bond donors (Lipinski definition) is 2. The molecule has 0 radical (unpaired) electrons. The largest absolute Gasteiger partial charge is 0.455 e. The van der Waals surface area contributed by atoms with Gasteiger partial charge in [-0.25, -0.2) is 9.37 Å². The summed E-state index contributed by atoms with van der Waals surface area (Å²) in [5.41, 5.74) is 1.10. The fraction of sp³-hybridized carbons (Fsp3) is 0.188. The zero-order valence-corrected chi connectivity index (χ0v) is 11.9. The molecule has 0 aliphatic carbocycles. The summed E-state index contributed by atoms with van der Waals surface area (Å²) in [5, 5.41) is 10.8. The minimum Gasteiger partial charge on any atom is -0.455 e. The number of aromatic nitrogens is 2. The highest BCUT2D eigenvalue weighted by Gasteiger charge is 2.15. The van der Waals surface area contributed by atoms with E-state index >= 15 is 0 Å². The van der Waals surface area contributed by atoms with Gasteiger partial charge >= 0.3 is 0 Å². The predicted molar refractivity (Wildman–Crippen MR) is 79.2 cm³/mol. The van der Waals surface area contributed by atoms with Crippen molar-refractivity contribution in [3.05, 3.63) is 54.1 Å². The molecule has 2 heterocycles. The van der Waals surface area contributed by atoms with Crippen molar-refractivity contribution in [2.24, 2.45) is 0 Å². The van der Waals surface area contributed by atoms with Gasteiger partial charge in [-0.05, 0) is 31.2 Å². The Kier molecular flexibility index (Phi) is 4.04. The normalized spacial score (nSPS) is 12.5. The summed E-state index contributed by atoms with van der Waals surface area (Å²) in [5.74, 6) is 0.179. The van der Waals surface area contributed by atoms with Gasteiger partial charge in [-0.2, -0.15) is 0 Å². The number of nitrogens with one attached hydrogen (secondary N) is 1. The second kappa shape index (κ2) is 6.13. The average molecular weight is 302 g/mol. The molecule has 0 saturated heterocycles. The summed E-state index contributed by atoms with van der Waals surface area (Å²) in [6.45, 7) is 2.09. The molecule has 0 saturated carbocycles. The number of aliphatic hydroxyl groups is 1. The van der Waals surface area contributed by atoms with E-state index in [1.54, 1.807) is 19.2 Å². The second-order valence-corrected chi connectivity index (χ2v) is 4.68. The molecule has 0 fully saturated rings. The molecule has 1 unspecified atom stereocenters. The van der Waals surface area contributed by atoms with Gasteiger partial charge in [-0.15, -0.1) is 0 Å². The van der Waals surface area contributed by atoms with E-state index in [-0.39, 0.29) is 5.75 Å². The van der Waals surface area contributed by atoms with E-state index in [2.05, 4.69) is 9.97 Å². The van der Waals surface area contributed by atoms with Gasteiger partial charge in [-0.1, -0.05) is 0 Å². The Labute approximate surface area is 126 Å². The Morgan fingerprint density at radius 1 is 1.32 bits per heavy atom. The third kappa shape index (κ3) is 2.93. The highest BCUT2D eigenvalue weighted by Crippen LogP contribution is 2.31. The summed E-state index contributed by atoms with van der Waals surface area (Å²) < 4.78 is 24.3. The lowest BCUT2D eigenvalue weighted by molar-refractivity contribution is -0.0988. The lowest BCUT2D eigenvalue weighted by Crippen LogP contribution is -2.05. The highest BCUT2D eigenvalue weighted by molar-refractivity contribution is 5.76. The number of H-pyrrole nitrogens is 1. The predicted octanol–water partition coefficient (Wildman–Crippen LogP) is 3.52. The summed E-state index contributed by atoms with van der Waals surface area (Å²) >= 11 is 0. The minimum absolute atomic E-state index is 0.192. The molecule has 3 rings (SSSR count). The average Bonchev–Trinajstić information content (AvgIpc) is 2.95. The fourth-order valence-electron chi connectivity index (χ4n) is 2.15. The van der Waals surface area contributed by atoms with Gasteiger partial charge in [0.2, 0.25) is 0 Å². The van der Waals surface area contributed by atoms with Crippen LogP contribution in [0.4, 0.5) is 4.39 Å². The first-order valence-electron chi connectivity index (χ1n) is 6.87. The number of halogens is 1. The molecule has 5 nitrogen and oxygen atoms in total. The Bertz CT molecular complexity index is 788. The van der Waals surface area contributed by atoms with Gasteiger partial charge in [0.15, 0.2) is 6.29 Å². The molecule has 1 aromatic carbocycles. The SMILES string of the molecule is CCOC(O)c1ccc(F)cc1Oc1cnc2[nH]ccc2c1. The van der Waals surface area contributed by atoms with Crippen molar-refractivity contribution >= 4 is 11.0 Å². The lowest BCUT2D eigenvalue weighted by Gasteiger charge is -2.16. The van der Waals surface area contributed by atoms with Gasteiger partial charge in [0.1, 0.15) is 23.0 Å². The van der Waals surface area contributed by atoms with E-state index in [1.165, 1.54) is 24.4 Å². The van der Waals surface area contributed by atoms with Crippen LogP contribution in [0, 0.1) is 5.82 Å². The monoisotopic (exact) mass is 302 g/mol. The highest BCUT2D eigenvalue weighted by atomic mass is 19.1. The van der Waals surface area contributed by atoms with Crippen molar-refractivity contribution in [1.29, 1.82) is 0 Å². The fourth-order valence-corrected chi connectivity index (χ4v) is 2.15. The number of aromatic amines is 1. The van der Waals surface area contributed by atoms with Crippen molar-refractivity contribution < 1.29 is 19.0 Å². The smallest absolute Gasteiger partial charge is 0.184 e. The van der Waals surface area contributed by atoms with Gasteiger partial charge in [0.05, 0.1) is 11.8 Å². The van der Waals surface area contributed by atoms with Gasteiger partial charge in [-0.3, -0.25) is 0 Å². The van der Waals surface area contributed by atoms with Crippen LogP contribution in [0.2, 0.25) is 0 Å². The van der Waals surface area contributed by atoms with Gasteiger partial charge < -0.3 is 19.6 Å². The minimum atomic E-state index is -1.18. The third-order valence-corrected chi connectivity index (χ3v) is 3.17. The molecular formula is C16H15FN2O3. The van der Waals surface area contributed by atoms with E-state index in [0.29, 0.717) is 17.9 Å². The van der Waals surface area contributed by atoms with Crippen LogP contribution in [0.15, 0.2) is 42.7 Å². The summed E-state index contributed by atoms with van der Waals surface area (Å²) in [6, 6.07) is 7.53. The molecule has 22 heavy (non-hydrogen) atoms. The standard InChI is InChI=1S/C16H15FN2O3/c1-2-21-16(20)13-4-3-11(17)8-14(13)22-12-7-10-5-6-18-15(10)19-9-12/h3-9,16,20H,2H2,1H3,(H,18,19). The molecule has 0 aliphatic rings. The molecule has 2 N–H and O–H groups in total. The Balaban J connectivity index is 1.94. The maximum Gasteiger partial charge on any atom is 0.184 e. The number of ether oxygens (including phenoxy) is 2. The maximum absolute atomic E-state index is 13.5. The molecule has 114 valence electrons. The first-order valence-corrected chi connectivity index (χ1v) is 6.87. The van der Waals surface area contributed by atoms with Gasteiger partial charge in [0.25, 0.3) is 0 Å². The van der Waals surface area contributed by atoms with E-state index in [9.17, 15) is 9.50 Å². The molecule has 0 amide bonds. The molecule has 0 bridgehead atoms. The Hall–Kier alpha value is -2.44. The number of aliphatic hydroxyl groups excluding tert-OH is 1. The van der Waals surface area contributed by atoms with Crippen LogP contribution in [0.25, 0.3) is 11.0 Å². The first-order chi connectivity index (χ1) is 10.7. The Morgan fingerprint density at radius 2 is 2.18 bits per heavy atom. The molecule has 0 aliphatic heterocycles. The third-order valence-electron chi connectivity index (χ3n) is 3.17. The van der Waals surface area contributed by atoms with Crippen LogP contribution in [-0.2, 0) is 4.74 Å². The van der Waals surface area contributed by atoms with E-state index in [1.807, 2.05) is 6.07 Å². The molecule has 0 spiro atoms. The number of pyridine rings is 1. The number of hydrogen-bond acceptors (Lipinski definition) is 4. The van der Waals surface area contributed by atoms with Crippen LogP contribution in [0.1, 0.15) is 18.8 Å². The van der Waals surface area contributed by atoms with Crippen LogP contribution in [-0.4, -0.2) is 21.7 Å². The van der Waals surface area contributed by atoms with Crippen LogP contribution in [0.3, 0.4) is 0 Å². The van der Waals surface area contributed by atoms with Crippen LogP contribution >= 0.6 is 0 Å². The lowest BCUT2D eigenvalue weighted by atomic mass is 10.2. The number of benzene rings is 1. The van der Waals surface area contributed by atoms with Crippen molar-refractivity contribution in [2.75, 3.05) is 6.61 Å². The van der Waals surface area contributed by atoms with Crippen molar-refractivity contribution in [1.82, 2.24) is 9.97 Å². The van der Waals surface area contributed by atoms with Crippen LogP contribution < -0.4 is 4.74 Å². The van der Waals surface area contributed by atoms with Gasteiger partial charge in [0, 0.05) is 24.3 Å². The summed E-state index contributed by atoms with van der Waals surface area (Å²) in [4.78, 5) is 7.18. The maximum atomic E-state index is 13.5. The zero-order chi connectivity index (χ0) is 15.5.